The third-order valence-electron chi connectivity index (χ3n) is 3.73. The molecule has 1 heterocycles. The molecule has 0 saturated carbocycles. The Labute approximate surface area is 133 Å². The van der Waals surface area contributed by atoms with Gasteiger partial charge in [-0.15, -0.1) is 11.3 Å². The maximum absolute atomic E-state index is 11.1. The van der Waals surface area contributed by atoms with Crippen LogP contribution in [-0.2, 0) is 0 Å². The average Bonchev–Trinajstić information content (AvgIpc) is 2.84. The van der Waals surface area contributed by atoms with Gasteiger partial charge in [-0.2, -0.15) is 0 Å². The summed E-state index contributed by atoms with van der Waals surface area (Å²) in [5.74, 6) is -0.289. The molecule has 22 heavy (non-hydrogen) atoms. The lowest BCUT2D eigenvalue weighted by molar-refractivity contribution is -0.385. The molecule has 0 aliphatic carbocycles. The molecule has 0 spiro atoms. The number of halogens is 1. The second-order valence-corrected chi connectivity index (χ2v) is 6.49. The van der Waals surface area contributed by atoms with E-state index in [4.69, 9.17) is 11.6 Å². The number of phenolic OH excluding ortho intramolecular Hbond substituents is 1. The monoisotopic (exact) mass is 329 g/mol. The number of rotatable bonds is 1. The van der Waals surface area contributed by atoms with Gasteiger partial charge in [0.05, 0.1) is 4.92 Å². The van der Waals surface area contributed by atoms with Crippen molar-refractivity contribution in [3.8, 4) is 5.75 Å². The Hall–Kier alpha value is -2.37. The number of nitro benzene ring substituents is 1. The minimum atomic E-state index is -0.570. The van der Waals surface area contributed by atoms with Crippen molar-refractivity contribution in [3.63, 3.8) is 0 Å². The van der Waals surface area contributed by atoms with Crippen molar-refractivity contribution in [3.05, 3.63) is 57.6 Å². The molecule has 0 saturated heterocycles. The molecule has 4 rings (SSSR count). The molecule has 0 unspecified atom stereocenters. The van der Waals surface area contributed by atoms with Crippen LogP contribution in [0.2, 0.25) is 5.02 Å². The van der Waals surface area contributed by atoms with Crippen molar-refractivity contribution in [1.29, 1.82) is 0 Å². The van der Waals surface area contributed by atoms with Gasteiger partial charge in [-0.3, -0.25) is 10.1 Å². The van der Waals surface area contributed by atoms with Gasteiger partial charge in [0.15, 0.2) is 0 Å². The summed E-state index contributed by atoms with van der Waals surface area (Å²) in [6, 6.07) is 12.3. The fourth-order valence-electron chi connectivity index (χ4n) is 2.77. The first kappa shape index (κ1) is 13.3. The van der Waals surface area contributed by atoms with Gasteiger partial charge in [0.1, 0.15) is 0 Å². The molecule has 0 radical (unpaired) electrons. The maximum atomic E-state index is 11.1. The minimum Gasteiger partial charge on any atom is -0.502 e. The summed E-state index contributed by atoms with van der Waals surface area (Å²) < 4.78 is 1.95. The summed E-state index contributed by atoms with van der Waals surface area (Å²) in [5, 5.41) is 25.2. The normalized spacial score (nSPS) is 11.5. The predicted molar refractivity (Wildman–Crippen MR) is 90.2 cm³/mol. The second-order valence-electron chi connectivity index (χ2n) is 4.97. The Balaban J connectivity index is 2.28. The van der Waals surface area contributed by atoms with E-state index in [2.05, 4.69) is 0 Å². The maximum Gasteiger partial charge on any atom is 0.311 e. The van der Waals surface area contributed by atoms with E-state index >= 15 is 0 Å². The lowest BCUT2D eigenvalue weighted by atomic mass is 10.0. The molecule has 3 aromatic carbocycles. The number of nitro groups is 1. The van der Waals surface area contributed by atoms with Gasteiger partial charge in [0.25, 0.3) is 0 Å². The summed E-state index contributed by atoms with van der Waals surface area (Å²) in [7, 11) is 0. The van der Waals surface area contributed by atoms with Crippen molar-refractivity contribution >= 4 is 59.6 Å². The van der Waals surface area contributed by atoms with Gasteiger partial charge in [0.2, 0.25) is 5.75 Å². The van der Waals surface area contributed by atoms with E-state index in [0.29, 0.717) is 10.4 Å². The summed E-state index contributed by atoms with van der Waals surface area (Å²) in [4.78, 5) is 10.5. The third-order valence-corrected chi connectivity index (χ3v) is 5.08. The number of nitrogens with zero attached hydrogens (tertiary/aromatic N) is 1. The number of benzene rings is 3. The molecule has 0 aliphatic heterocycles. The molecule has 0 fully saturated rings. The van der Waals surface area contributed by atoms with Crippen molar-refractivity contribution < 1.29 is 10.0 Å². The Morgan fingerprint density at radius 2 is 1.82 bits per heavy atom. The number of phenols is 1. The van der Waals surface area contributed by atoms with Crippen LogP contribution in [0.25, 0.3) is 30.9 Å². The van der Waals surface area contributed by atoms with E-state index in [1.165, 1.54) is 6.07 Å². The number of fused-ring (bicyclic) bond motifs is 5. The summed E-state index contributed by atoms with van der Waals surface area (Å²) in [6.07, 6.45) is 0. The molecule has 4 aromatic rings. The van der Waals surface area contributed by atoms with Gasteiger partial charge >= 0.3 is 5.69 Å². The molecule has 4 nitrogen and oxygen atoms in total. The third kappa shape index (κ3) is 1.76. The fourth-order valence-corrected chi connectivity index (χ4v) is 4.16. The molecular weight excluding hydrogens is 322 g/mol. The van der Waals surface area contributed by atoms with Crippen LogP contribution < -0.4 is 0 Å². The summed E-state index contributed by atoms with van der Waals surface area (Å²) in [6.45, 7) is 0. The zero-order valence-electron chi connectivity index (χ0n) is 11.0. The largest absolute Gasteiger partial charge is 0.502 e. The summed E-state index contributed by atoms with van der Waals surface area (Å²) >= 11 is 7.58. The zero-order chi connectivity index (χ0) is 15.4. The van der Waals surface area contributed by atoms with E-state index in [1.807, 2.05) is 24.3 Å². The van der Waals surface area contributed by atoms with Gasteiger partial charge in [-0.1, -0.05) is 23.7 Å². The number of hydrogen-bond acceptors (Lipinski definition) is 4. The molecule has 0 atom stereocenters. The van der Waals surface area contributed by atoms with E-state index in [9.17, 15) is 15.2 Å². The highest BCUT2D eigenvalue weighted by molar-refractivity contribution is 7.26. The van der Waals surface area contributed by atoms with E-state index in [-0.39, 0.29) is 11.4 Å². The highest BCUT2D eigenvalue weighted by atomic mass is 35.5. The molecule has 6 heteroatoms. The van der Waals surface area contributed by atoms with Crippen LogP contribution >= 0.6 is 22.9 Å². The average molecular weight is 330 g/mol. The predicted octanol–water partition coefficient (Wildman–Crippen LogP) is 5.47. The van der Waals surface area contributed by atoms with Gasteiger partial charge in [-0.25, -0.2) is 0 Å². The highest BCUT2D eigenvalue weighted by Crippen LogP contribution is 2.44. The smallest absolute Gasteiger partial charge is 0.311 e. The second kappa shape index (κ2) is 4.56. The van der Waals surface area contributed by atoms with Gasteiger partial charge in [0, 0.05) is 36.6 Å². The first-order valence-corrected chi connectivity index (χ1v) is 7.66. The molecule has 0 aliphatic rings. The first-order valence-electron chi connectivity index (χ1n) is 6.47. The number of thiophene rings is 1. The zero-order valence-corrected chi connectivity index (χ0v) is 12.6. The van der Waals surface area contributed by atoms with Crippen molar-refractivity contribution in [1.82, 2.24) is 0 Å². The van der Waals surface area contributed by atoms with Crippen LogP contribution in [0.15, 0.2) is 42.5 Å². The van der Waals surface area contributed by atoms with Crippen LogP contribution in [0.5, 0.6) is 5.75 Å². The van der Waals surface area contributed by atoms with Crippen LogP contribution in [-0.4, -0.2) is 10.0 Å². The lowest BCUT2D eigenvalue weighted by Crippen LogP contribution is -1.89. The number of hydrogen-bond donors (Lipinski definition) is 1. The van der Waals surface area contributed by atoms with Gasteiger partial charge in [-0.05, 0) is 29.7 Å². The SMILES string of the molecule is O=[N+]([O-])c1ccc2ccc3sc4cc(Cl)ccc4c3c2c1O. The topological polar surface area (TPSA) is 63.4 Å². The number of aromatic hydroxyl groups is 1. The van der Waals surface area contributed by atoms with Crippen molar-refractivity contribution in [2.75, 3.05) is 0 Å². The standard InChI is InChI=1S/C16H8ClNO3S/c17-9-3-4-10-13(7-9)22-12-6-2-8-1-5-11(18(20)21)16(19)14(8)15(10)12/h1-7,19H. The van der Waals surface area contributed by atoms with E-state index in [1.54, 1.807) is 23.5 Å². The Kier molecular flexibility index (Phi) is 2.76. The Bertz CT molecular complexity index is 1090. The van der Waals surface area contributed by atoms with Gasteiger partial charge < -0.3 is 5.11 Å². The van der Waals surface area contributed by atoms with Crippen LogP contribution in [0.1, 0.15) is 0 Å². The summed E-state index contributed by atoms with van der Waals surface area (Å²) in [5.41, 5.74) is -0.284. The van der Waals surface area contributed by atoms with Crippen LogP contribution in [0, 0.1) is 10.1 Å². The molecule has 1 N–H and O–H groups in total. The van der Waals surface area contributed by atoms with E-state index < -0.39 is 4.92 Å². The minimum absolute atomic E-state index is 0.284. The highest BCUT2D eigenvalue weighted by Gasteiger charge is 2.19. The van der Waals surface area contributed by atoms with Crippen molar-refractivity contribution in [2.45, 2.75) is 0 Å². The first-order chi connectivity index (χ1) is 10.6. The molecule has 0 amide bonds. The molecular formula is C16H8ClNO3S. The van der Waals surface area contributed by atoms with Crippen LogP contribution in [0.3, 0.4) is 0 Å². The molecule has 0 bridgehead atoms. The lowest BCUT2D eigenvalue weighted by Gasteiger charge is -2.04. The molecule has 108 valence electrons. The fraction of sp³-hybridized carbons (Fsp3) is 0. The molecule has 1 aromatic heterocycles. The van der Waals surface area contributed by atoms with Crippen LogP contribution in [0.4, 0.5) is 5.69 Å². The quantitative estimate of drug-likeness (QED) is 0.372. The van der Waals surface area contributed by atoms with E-state index in [0.717, 1.165) is 25.6 Å². The Morgan fingerprint density at radius 3 is 2.59 bits per heavy atom. The van der Waals surface area contributed by atoms with Crippen molar-refractivity contribution in [2.24, 2.45) is 0 Å². The Morgan fingerprint density at radius 1 is 1.05 bits per heavy atom.